The third-order valence-electron chi connectivity index (χ3n) is 3.19. The lowest BCUT2D eigenvalue weighted by atomic mass is 10.1. The molecule has 2 rings (SSSR count). The maximum Gasteiger partial charge on any atom is 0.253 e. The van der Waals surface area contributed by atoms with Crippen molar-refractivity contribution in [3.63, 3.8) is 0 Å². The van der Waals surface area contributed by atoms with Crippen LogP contribution in [-0.4, -0.2) is 28.8 Å². The third-order valence-corrected chi connectivity index (χ3v) is 3.19. The maximum absolute atomic E-state index is 11.8. The standard InChI is InChI=1S/C17H19NO3/c19-15(11-13-7-3-1-4-8-13)12-18-17(21)16(20)14-9-5-2-6-10-14/h1-10,15-16,19-20H,11-12H2,(H,18,21)/t15-,16+/m1/s1. The van der Waals surface area contributed by atoms with Crippen molar-refractivity contribution in [2.24, 2.45) is 0 Å². The number of amides is 1. The van der Waals surface area contributed by atoms with Crippen LogP contribution in [0.3, 0.4) is 0 Å². The molecule has 3 N–H and O–H groups in total. The average Bonchev–Trinajstić information content (AvgIpc) is 2.53. The normalized spacial score (nSPS) is 13.4. The zero-order valence-electron chi connectivity index (χ0n) is 11.6. The summed E-state index contributed by atoms with van der Waals surface area (Å²) in [5, 5.41) is 22.4. The fourth-order valence-electron chi connectivity index (χ4n) is 2.06. The van der Waals surface area contributed by atoms with Crippen LogP contribution in [0.2, 0.25) is 0 Å². The van der Waals surface area contributed by atoms with E-state index in [4.69, 9.17) is 0 Å². The SMILES string of the molecule is O=C(NC[C@H](O)Cc1ccccc1)[C@@H](O)c1ccccc1. The molecule has 0 heterocycles. The van der Waals surface area contributed by atoms with Gasteiger partial charge >= 0.3 is 0 Å². The highest BCUT2D eigenvalue weighted by Gasteiger charge is 2.17. The Morgan fingerprint density at radius 3 is 2.14 bits per heavy atom. The molecule has 4 nitrogen and oxygen atoms in total. The molecule has 2 aromatic rings. The quantitative estimate of drug-likeness (QED) is 0.752. The number of benzene rings is 2. The molecule has 0 unspecified atom stereocenters. The van der Waals surface area contributed by atoms with E-state index in [1.54, 1.807) is 24.3 Å². The Hall–Kier alpha value is -2.17. The van der Waals surface area contributed by atoms with E-state index in [2.05, 4.69) is 5.32 Å². The van der Waals surface area contributed by atoms with Crippen molar-refractivity contribution in [3.8, 4) is 0 Å². The minimum absolute atomic E-state index is 0.109. The van der Waals surface area contributed by atoms with Gasteiger partial charge in [0.15, 0.2) is 6.10 Å². The van der Waals surface area contributed by atoms with Crippen LogP contribution in [-0.2, 0) is 11.2 Å². The molecule has 0 spiro atoms. The van der Waals surface area contributed by atoms with Crippen molar-refractivity contribution < 1.29 is 15.0 Å². The zero-order chi connectivity index (χ0) is 15.1. The summed E-state index contributed by atoms with van der Waals surface area (Å²) >= 11 is 0. The van der Waals surface area contributed by atoms with Crippen LogP contribution in [0.4, 0.5) is 0 Å². The van der Waals surface area contributed by atoms with Crippen molar-refractivity contribution in [1.29, 1.82) is 0 Å². The van der Waals surface area contributed by atoms with E-state index in [9.17, 15) is 15.0 Å². The topological polar surface area (TPSA) is 69.6 Å². The average molecular weight is 285 g/mol. The van der Waals surface area contributed by atoms with Gasteiger partial charge in [0.25, 0.3) is 5.91 Å². The number of aliphatic hydroxyl groups excluding tert-OH is 2. The van der Waals surface area contributed by atoms with Crippen LogP contribution in [0, 0.1) is 0 Å². The lowest BCUT2D eigenvalue weighted by Crippen LogP contribution is -2.36. The van der Waals surface area contributed by atoms with Crippen LogP contribution in [0.15, 0.2) is 60.7 Å². The molecular formula is C17H19NO3. The summed E-state index contributed by atoms with van der Waals surface area (Å²) in [5.74, 6) is -0.506. The van der Waals surface area contributed by atoms with Crippen LogP contribution in [0.5, 0.6) is 0 Å². The van der Waals surface area contributed by atoms with Gasteiger partial charge in [0.1, 0.15) is 0 Å². The van der Waals surface area contributed by atoms with Gasteiger partial charge < -0.3 is 15.5 Å². The third kappa shape index (κ3) is 4.70. The molecular weight excluding hydrogens is 266 g/mol. The summed E-state index contributed by atoms with van der Waals surface area (Å²) in [4.78, 5) is 11.8. The van der Waals surface area contributed by atoms with Crippen molar-refractivity contribution >= 4 is 5.91 Å². The van der Waals surface area contributed by atoms with Gasteiger partial charge in [0.05, 0.1) is 6.10 Å². The van der Waals surface area contributed by atoms with Crippen molar-refractivity contribution in [2.45, 2.75) is 18.6 Å². The fourth-order valence-corrected chi connectivity index (χ4v) is 2.06. The summed E-state index contributed by atoms with van der Waals surface area (Å²) in [7, 11) is 0. The minimum atomic E-state index is -1.21. The highest BCUT2D eigenvalue weighted by molar-refractivity contribution is 5.81. The van der Waals surface area contributed by atoms with Gasteiger partial charge in [-0.15, -0.1) is 0 Å². The van der Waals surface area contributed by atoms with E-state index in [0.717, 1.165) is 5.56 Å². The summed E-state index contributed by atoms with van der Waals surface area (Å²) in [6.07, 6.45) is -1.43. The summed E-state index contributed by atoms with van der Waals surface area (Å²) in [5.41, 5.74) is 1.54. The molecule has 0 saturated carbocycles. The molecule has 0 aliphatic carbocycles. The number of hydrogen-bond donors (Lipinski definition) is 3. The smallest absolute Gasteiger partial charge is 0.253 e. The van der Waals surface area contributed by atoms with Crippen molar-refractivity contribution in [2.75, 3.05) is 6.54 Å². The van der Waals surface area contributed by atoms with Crippen LogP contribution < -0.4 is 5.32 Å². The highest BCUT2D eigenvalue weighted by atomic mass is 16.3. The molecule has 0 aliphatic rings. The summed E-state index contributed by atoms with van der Waals surface area (Å²) < 4.78 is 0. The predicted molar refractivity (Wildman–Crippen MR) is 80.6 cm³/mol. The molecule has 0 fully saturated rings. The molecule has 110 valence electrons. The number of nitrogens with one attached hydrogen (secondary N) is 1. The molecule has 0 aromatic heterocycles. The Labute approximate surface area is 124 Å². The lowest BCUT2D eigenvalue weighted by molar-refractivity contribution is -0.130. The van der Waals surface area contributed by atoms with Gasteiger partial charge in [-0.1, -0.05) is 60.7 Å². The van der Waals surface area contributed by atoms with Gasteiger partial charge in [-0.05, 0) is 11.1 Å². The van der Waals surface area contributed by atoms with E-state index >= 15 is 0 Å². The zero-order valence-corrected chi connectivity index (χ0v) is 11.6. The Bertz CT molecular complexity index is 557. The monoisotopic (exact) mass is 285 g/mol. The molecule has 1 amide bonds. The number of hydrogen-bond acceptors (Lipinski definition) is 3. The van der Waals surface area contributed by atoms with Gasteiger partial charge in [-0.2, -0.15) is 0 Å². The van der Waals surface area contributed by atoms with E-state index in [1.807, 2.05) is 36.4 Å². The predicted octanol–water partition coefficient (Wildman–Crippen LogP) is 1.44. The highest BCUT2D eigenvalue weighted by Crippen LogP contribution is 2.11. The lowest BCUT2D eigenvalue weighted by Gasteiger charge is -2.15. The molecule has 2 atom stereocenters. The second-order valence-corrected chi connectivity index (χ2v) is 4.90. The largest absolute Gasteiger partial charge is 0.391 e. The second kappa shape index (κ2) is 7.57. The number of carbonyl (C=O) groups is 1. The van der Waals surface area contributed by atoms with E-state index in [1.165, 1.54) is 0 Å². The Balaban J connectivity index is 1.81. The number of carbonyl (C=O) groups excluding carboxylic acids is 1. The van der Waals surface area contributed by atoms with E-state index < -0.39 is 18.1 Å². The maximum atomic E-state index is 11.8. The first-order chi connectivity index (χ1) is 10.2. The van der Waals surface area contributed by atoms with Crippen molar-refractivity contribution in [3.05, 3.63) is 71.8 Å². The Kier molecular flexibility index (Phi) is 5.49. The summed E-state index contributed by atoms with van der Waals surface area (Å²) in [6, 6.07) is 18.3. The van der Waals surface area contributed by atoms with E-state index in [-0.39, 0.29) is 6.54 Å². The first-order valence-corrected chi connectivity index (χ1v) is 6.89. The molecule has 21 heavy (non-hydrogen) atoms. The number of aliphatic hydroxyl groups is 2. The molecule has 0 radical (unpaired) electrons. The van der Waals surface area contributed by atoms with Gasteiger partial charge in [-0.25, -0.2) is 0 Å². The Morgan fingerprint density at radius 1 is 0.952 bits per heavy atom. The first-order valence-electron chi connectivity index (χ1n) is 6.89. The molecule has 0 saturated heterocycles. The number of rotatable bonds is 6. The van der Waals surface area contributed by atoms with Gasteiger partial charge in [-0.3, -0.25) is 4.79 Å². The summed E-state index contributed by atoms with van der Waals surface area (Å²) in [6.45, 7) is 0.109. The molecule has 0 aliphatic heterocycles. The Morgan fingerprint density at radius 2 is 1.52 bits per heavy atom. The van der Waals surface area contributed by atoms with Crippen LogP contribution in [0.1, 0.15) is 17.2 Å². The second-order valence-electron chi connectivity index (χ2n) is 4.90. The molecule has 4 heteroatoms. The first kappa shape index (κ1) is 15.2. The molecule has 2 aromatic carbocycles. The van der Waals surface area contributed by atoms with Gasteiger partial charge in [0.2, 0.25) is 0 Å². The van der Waals surface area contributed by atoms with Crippen LogP contribution in [0.25, 0.3) is 0 Å². The van der Waals surface area contributed by atoms with Crippen LogP contribution >= 0.6 is 0 Å². The van der Waals surface area contributed by atoms with Crippen molar-refractivity contribution in [1.82, 2.24) is 5.32 Å². The minimum Gasteiger partial charge on any atom is -0.391 e. The fraction of sp³-hybridized carbons (Fsp3) is 0.235. The van der Waals surface area contributed by atoms with E-state index in [0.29, 0.717) is 12.0 Å². The van der Waals surface area contributed by atoms with Gasteiger partial charge in [0, 0.05) is 13.0 Å². The molecule has 0 bridgehead atoms.